The highest BCUT2D eigenvalue weighted by atomic mass is 19.1. The van der Waals surface area contributed by atoms with Crippen LogP contribution in [-0.4, -0.2) is 17.2 Å². The summed E-state index contributed by atoms with van der Waals surface area (Å²) in [6.07, 6.45) is 0.566. The highest BCUT2D eigenvalue weighted by molar-refractivity contribution is 5.70. The summed E-state index contributed by atoms with van der Waals surface area (Å²) in [5.74, 6) is -2.43. The maximum atomic E-state index is 13.4. The first-order chi connectivity index (χ1) is 8.06. The summed E-state index contributed by atoms with van der Waals surface area (Å²) in [4.78, 5) is 15.4. The SMILES string of the molecule is O=C(O)CC1C=C(c2ccc(F)cc2F)NO1. The molecule has 1 aliphatic rings. The molecule has 0 amide bonds. The Bertz CT molecular complexity index is 488. The largest absolute Gasteiger partial charge is 0.481 e. The molecule has 2 rings (SSSR count). The maximum absolute atomic E-state index is 13.4. The van der Waals surface area contributed by atoms with Crippen molar-refractivity contribution in [1.82, 2.24) is 5.48 Å². The molecule has 6 heteroatoms. The fourth-order valence-corrected chi connectivity index (χ4v) is 1.52. The lowest BCUT2D eigenvalue weighted by Crippen LogP contribution is -2.15. The van der Waals surface area contributed by atoms with E-state index in [1.54, 1.807) is 0 Å². The van der Waals surface area contributed by atoms with E-state index in [-0.39, 0.29) is 12.0 Å². The van der Waals surface area contributed by atoms with E-state index in [0.29, 0.717) is 5.70 Å². The molecule has 1 atom stereocenters. The van der Waals surface area contributed by atoms with Gasteiger partial charge in [-0.3, -0.25) is 15.1 Å². The predicted octanol–water partition coefficient (Wildman–Crippen LogP) is 1.68. The molecule has 0 fully saturated rings. The minimum absolute atomic E-state index is 0.138. The monoisotopic (exact) mass is 241 g/mol. The first-order valence-electron chi connectivity index (χ1n) is 4.87. The van der Waals surface area contributed by atoms with Gasteiger partial charge < -0.3 is 5.11 Å². The molecule has 0 aliphatic carbocycles. The average Bonchev–Trinajstić information content (AvgIpc) is 2.65. The summed E-state index contributed by atoms with van der Waals surface area (Å²) in [6.45, 7) is 0. The fourth-order valence-electron chi connectivity index (χ4n) is 1.52. The second kappa shape index (κ2) is 4.50. The predicted molar refractivity (Wildman–Crippen MR) is 54.6 cm³/mol. The number of rotatable bonds is 3. The highest BCUT2D eigenvalue weighted by Gasteiger charge is 2.21. The van der Waals surface area contributed by atoms with E-state index in [4.69, 9.17) is 9.94 Å². The number of nitrogens with one attached hydrogen (secondary N) is 1. The van der Waals surface area contributed by atoms with E-state index in [1.807, 2.05) is 0 Å². The van der Waals surface area contributed by atoms with E-state index in [9.17, 15) is 13.6 Å². The smallest absolute Gasteiger partial charge is 0.306 e. The van der Waals surface area contributed by atoms with E-state index >= 15 is 0 Å². The van der Waals surface area contributed by atoms with Crippen molar-refractivity contribution in [2.45, 2.75) is 12.5 Å². The van der Waals surface area contributed by atoms with Gasteiger partial charge in [-0.25, -0.2) is 8.78 Å². The van der Waals surface area contributed by atoms with Gasteiger partial charge in [0.25, 0.3) is 0 Å². The molecular formula is C11H9F2NO3. The number of hydroxylamine groups is 1. The van der Waals surface area contributed by atoms with Gasteiger partial charge in [0.15, 0.2) is 0 Å². The third-order valence-corrected chi connectivity index (χ3v) is 2.27. The van der Waals surface area contributed by atoms with E-state index in [1.165, 1.54) is 12.1 Å². The Hall–Kier alpha value is -1.95. The second-order valence-corrected chi connectivity index (χ2v) is 3.56. The van der Waals surface area contributed by atoms with Crippen LogP contribution in [0, 0.1) is 11.6 Å². The zero-order valence-electron chi connectivity index (χ0n) is 8.61. The third-order valence-electron chi connectivity index (χ3n) is 2.27. The molecule has 0 saturated heterocycles. The van der Waals surface area contributed by atoms with Crippen molar-refractivity contribution < 1.29 is 23.5 Å². The van der Waals surface area contributed by atoms with Gasteiger partial charge in [0.05, 0.1) is 12.1 Å². The van der Waals surface area contributed by atoms with Crippen LogP contribution in [0.2, 0.25) is 0 Å². The van der Waals surface area contributed by atoms with Crippen molar-refractivity contribution >= 4 is 11.7 Å². The molecule has 90 valence electrons. The summed E-state index contributed by atoms with van der Waals surface area (Å²) in [5.41, 5.74) is 2.86. The fraction of sp³-hybridized carbons (Fsp3) is 0.182. The van der Waals surface area contributed by atoms with Gasteiger partial charge in [0.2, 0.25) is 0 Å². The molecule has 1 unspecified atom stereocenters. The van der Waals surface area contributed by atoms with Crippen molar-refractivity contribution in [3.63, 3.8) is 0 Å². The number of hydrogen-bond donors (Lipinski definition) is 2. The van der Waals surface area contributed by atoms with Crippen LogP contribution < -0.4 is 5.48 Å². The summed E-state index contributed by atoms with van der Waals surface area (Å²) < 4.78 is 26.1. The van der Waals surface area contributed by atoms with E-state index in [0.717, 1.165) is 12.1 Å². The molecule has 0 radical (unpaired) electrons. The van der Waals surface area contributed by atoms with Crippen molar-refractivity contribution in [3.05, 3.63) is 41.5 Å². The molecule has 1 aromatic rings. The molecule has 0 spiro atoms. The molecule has 1 heterocycles. The normalized spacial score (nSPS) is 18.7. The van der Waals surface area contributed by atoms with Crippen molar-refractivity contribution in [2.24, 2.45) is 0 Å². The second-order valence-electron chi connectivity index (χ2n) is 3.56. The van der Waals surface area contributed by atoms with Gasteiger partial charge in [0.1, 0.15) is 17.7 Å². The summed E-state index contributed by atoms with van der Waals surface area (Å²) in [7, 11) is 0. The molecule has 17 heavy (non-hydrogen) atoms. The van der Waals surface area contributed by atoms with Crippen LogP contribution in [0.25, 0.3) is 5.70 Å². The number of halogens is 2. The van der Waals surface area contributed by atoms with Crippen molar-refractivity contribution in [1.29, 1.82) is 0 Å². The Morgan fingerprint density at radius 1 is 1.47 bits per heavy atom. The van der Waals surface area contributed by atoms with Crippen LogP contribution in [-0.2, 0) is 9.63 Å². The van der Waals surface area contributed by atoms with Crippen LogP contribution in [0.1, 0.15) is 12.0 Å². The van der Waals surface area contributed by atoms with Crippen LogP contribution in [0.4, 0.5) is 8.78 Å². The molecule has 0 bridgehead atoms. The van der Waals surface area contributed by atoms with Gasteiger partial charge in [-0.05, 0) is 18.2 Å². The first-order valence-corrected chi connectivity index (χ1v) is 4.87. The number of carboxylic acids is 1. The lowest BCUT2D eigenvalue weighted by Gasteiger charge is -2.05. The number of hydrogen-bond acceptors (Lipinski definition) is 3. The van der Waals surface area contributed by atoms with Gasteiger partial charge >= 0.3 is 5.97 Å². The van der Waals surface area contributed by atoms with Crippen LogP contribution in [0.5, 0.6) is 0 Å². The number of carboxylic acid groups (broad SMARTS) is 1. The summed E-state index contributed by atoms with van der Waals surface area (Å²) >= 11 is 0. The minimum atomic E-state index is -1.02. The van der Waals surface area contributed by atoms with Gasteiger partial charge in [-0.2, -0.15) is 0 Å². The first kappa shape index (κ1) is 11.5. The van der Waals surface area contributed by atoms with Crippen LogP contribution in [0.15, 0.2) is 24.3 Å². The van der Waals surface area contributed by atoms with Crippen LogP contribution in [0.3, 0.4) is 0 Å². The minimum Gasteiger partial charge on any atom is -0.481 e. The highest BCUT2D eigenvalue weighted by Crippen LogP contribution is 2.22. The van der Waals surface area contributed by atoms with Gasteiger partial charge in [-0.15, -0.1) is 0 Å². The zero-order chi connectivity index (χ0) is 12.4. The molecule has 4 nitrogen and oxygen atoms in total. The van der Waals surface area contributed by atoms with Crippen molar-refractivity contribution in [3.8, 4) is 0 Å². The molecule has 0 saturated carbocycles. The topological polar surface area (TPSA) is 58.6 Å². The van der Waals surface area contributed by atoms with Crippen LogP contribution >= 0.6 is 0 Å². The zero-order valence-corrected chi connectivity index (χ0v) is 8.61. The average molecular weight is 241 g/mol. The molecule has 1 aliphatic heterocycles. The summed E-state index contributed by atoms with van der Waals surface area (Å²) in [5, 5.41) is 8.56. The Balaban J connectivity index is 2.21. The lowest BCUT2D eigenvalue weighted by atomic mass is 10.1. The number of benzene rings is 1. The summed E-state index contributed by atoms with van der Waals surface area (Å²) in [6, 6.07) is 3.13. The quantitative estimate of drug-likeness (QED) is 0.845. The lowest BCUT2D eigenvalue weighted by molar-refractivity contribution is -0.139. The number of aliphatic carboxylic acids is 1. The maximum Gasteiger partial charge on any atom is 0.306 e. The number of carbonyl (C=O) groups is 1. The Kier molecular flexibility index (Phi) is 3.06. The molecule has 0 aromatic heterocycles. The Morgan fingerprint density at radius 2 is 2.24 bits per heavy atom. The van der Waals surface area contributed by atoms with Gasteiger partial charge in [-0.1, -0.05) is 0 Å². The Morgan fingerprint density at radius 3 is 2.88 bits per heavy atom. The van der Waals surface area contributed by atoms with E-state index in [2.05, 4.69) is 5.48 Å². The van der Waals surface area contributed by atoms with Crippen molar-refractivity contribution in [2.75, 3.05) is 0 Å². The van der Waals surface area contributed by atoms with Gasteiger partial charge in [0, 0.05) is 11.6 Å². The third kappa shape index (κ3) is 2.59. The van der Waals surface area contributed by atoms with E-state index < -0.39 is 23.7 Å². The molecule has 1 aromatic carbocycles. The Labute approximate surface area is 95.5 Å². The molecular weight excluding hydrogens is 232 g/mol. The standard InChI is InChI=1S/C11H9F2NO3/c12-6-1-2-8(9(13)3-6)10-4-7(17-14-10)5-11(15)16/h1-4,7,14H,5H2,(H,15,16). The molecule has 2 N–H and O–H groups in total.